The quantitative estimate of drug-likeness (QED) is 0.599. The lowest BCUT2D eigenvalue weighted by Crippen LogP contribution is -2.46. The van der Waals surface area contributed by atoms with Gasteiger partial charge in [-0.1, -0.05) is 33.1 Å². The van der Waals surface area contributed by atoms with Crippen molar-refractivity contribution in [1.29, 1.82) is 0 Å². The van der Waals surface area contributed by atoms with Gasteiger partial charge in [-0.3, -0.25) is 0 Å². The van der Waals surface area contributed by atoms with Gasteiger partial charge in [-0.15, -0.1) is 0 Å². The van der Waals surface area contributed by atoms with E-state index >= 15 is 0 Å². The SMILES string of the molecule is CCCNCC1(CN(CC)CCCO)CCCCC1. The fourth-order valence-corrected chi connectivity index (χ4v) is 3.34. The van der Waals surface area contributed by atoms with Crippen molar-refractivity contribution in [2.45, 2.75) is 58.8 Å². The van der Waals surface area contributed by atoms with Crippen LogP contribution in [-0.2, 0) is 0 Å². The lowest BCUT2D eigenvalue weighted by molar-refractivity contribution is 0.100. The molecule has 1 rings (SSSR count). The Morgan fingerprint density at radius 2 is 1.89 bits per heavy atom. The van der Waals surface area contributed by atoms with Crippen molar-refractivity contribution in [3.63, 3.8) is 0 Å². The van der Waals surface area contributed by atoms with Gasteiger partial charge in [-0.25, -0.2) is 0 Å². The highest BCUT2D eigenvalue weighted by Gasteiger charge is 2.33. The predicted octanol–water partition coefficient (Wildman–Crippen LogP) is 2.64. The molecule has 0 atom stereocenters. The summed E-state index contributed by atoms with van der Waals surface area (Å²) in [7, 11) is 0. The third-order valence-electron chi connectivity index (χ3n) is 4.48. The van der Waals surface area contributed by atoms with Crippen molar-refractivity contribution in [2.24, 2.45) is 5.41 Å². The molecule has 0 amide bonds. The molecule has 2 N–H and O–H groups in total. The molecule has 0 aliphatic heterocycles. The van der Waals surface area contributed by atoms with Crippen LogP contribution in [0.3, 0.4) is 0 Å². The summed E-state index contributed by atoms with van der Waals surface area (Å²) in [6.07, 6.45) is 9.08. The normalized spacial score (nSPS) is 18.9. The monoisotopic (exact) mass is 270 g/mol. The number of aliphatic hydroxyl groups excluding tert-OH is 1. The zero-order valence-corrected chi connectivity index (χ0v) is 13.1. The highest BCUT2D eigenvalue weighted by molar-refractivity contribution is 4.87. The smallest absolute Gasteiger partial charge is 0.0443 e. The Bertz CT molecular complexity index is 215. The third-order valence-corrected chi connectivity index (χ3v) is 4.48. The van der Waals surface area contributed by atoms with Gasteiger partial charge >= 0.3 is 0 Å². The zero-order valence-electron chi connectivity index (χ0n) is 13.1. The van der Waals surface area contributed by atoms with E-state index in [1.54, 1.807) is 0 Å². The minimum absolute atomic E-state index is 0.317. The summed E-state index contributed by atoms with van der Waals surface area (Å²) in [5.74, 6) is 0. The molecular formula is C16H34N2O. The summed E-state index contributed by atoms with van der Waals surface area (Å²) < 4.78 is 0. The van der Waals surface area contributed by atoms with Gasteiger partial charge in [0.05, 0.1) is 0 Å². The molecule has 1 fully saturated rings. The van der Waals surface area contributed by atoms with E-state index in [0.29, 0.717) is 12.0 Å². The minimum atomic E-state index is 0.317. The number of rotatable bonds is 10. The number of aliphatic hydroxyl groups is 1. The van der Waals surface area contributed by atoms with Gasteiger partial charge in [0.1, 0.15) is 0 Å². The van der Waals surface area contributed by atoms with E-state index in [1.807, 2.05) is 0 Å². The maximum Gasteiger partial charge on any atom is 0.0443 e. The molecule has 0 radical (unpaired) electrons. The van der Waals surface area contributed by atoms with Crippen molar-refractivity contribution in [3.05, 3.63) is 0 Å². The average Bonchev–Trinajstić information content (AvgIpc) is 2.45. The second kappa shape index (κ2) is 9.73. The maximum absolute atomic E-state index is 9.02. The van der Waals surface area contributed by atoms with E-state index in [2.05, 4.69) is 24.1 Å². The van der Waals surface area contributed by atoms with Crippen LogP contribution >= 0.6 is 0 Å². The molecule has 0 unspecified atom stereocenters. The van der Waals surface area contributed by atoms with E-state index in [-0.39, 0.29) is 0 Å². The molecule has 1 aliphatic rings. The molecule has 19 heavy (non-hydrogen) atoms. The maximum atomic E-state index is 9.02. The standard InChI is InChI=1S/C16H34N2O/c1-3-11-17-14-16(9-6-5-7-10-16)15-18(4-2)12-8-13-19/h17,19H,3-15H2,1-2H3. The first-order chi connectivity index (χ1) is 9.26. The third kappa shape index (κ3) is 6.24. The first kappa shape index (κ1) is 16.9. The van der Waals surface area contributed by atoms with Crippen LogP contribution in [0.5, 0.6) is 0 Å². The molecule has 0 aromatic heterocycles. The summed E-state index contributed by atoms with van der Waals surface area (Å²) in [6, 6.07) is 0. The molecule has 3 nitrogen and oxygen atoms in total. The second-order valence-electron chi connectivity index (χ2n) is 6.18. The van der Waals surface area contributed by atoms with Gasteiger partial charge in [0, 0.05) is 26.2 Å². The molecule has 3 heteroatoms. The number of nitrogens with zero attached hydrogens (tertiary/aromatic N) is 1. The fraction of sp³-hybridized carbons (Fsp3) is 1.00. The Labute approximate surface area is 119 Å². The first-order valence-electron chi connectivity index (χ1n) is 8.30. The van der Waals surface area contributed by atoms with Crippen LogP contribution in [0.25, 0.3) is 0 Å². The van der Waals surface area contributed by atoms with Gasteiger partial charge in [0.25, 0.3) is 0 Å². The van der Waals surface area contributed by atoms with Gasteiger partial charge in [-0.2, -0.15) is 0 Å². The van der Waals surface area contributed by atoms with Crippen molar-refractivity contribution in [3.8, 4) is 0 Å². The largest absolute Gasteiger partial charge is 0.396 e. The number of hydrogen-bond acceptors (Lipinski definition) is 3. The van der Waals surface area contributed by atoms with Crippen LogP contribution in [0.15, 0.2) is 0 Å². The Kier molecular flexibility index (Phi) is 8.67. The topological polar surface area (TPSA) is 35.5 Å². The van der Waals surface area contributed by atoms with Gasteiger partial charge < -0.3 is 15.3 Å². The van der Waals surface area contributed by atoms with Crippen LogP contribution < -0.4 is 5.32 Å². The molecule has 1 aliphatic carbocycles. The van der Waals surface area contributed by atoms with Crippen molar-refractivity contribution >= 4 is 0 Å². The summed E-state index contributed by atoms with van der Waals surface area (Å²) in [6.45, 7) is 10.5. The van der Waals surface area contributed by atoms with E-state index in [0.717, 1.165) is 26.1 Å². The number of nitrogens with one attached hydrogen (secondary N) is 1. The van der Waals surface area contributed by atoms with Gasteiger partial charge in [-0.05, 0) is 44.2 Å². The fourth-order valence-electron chi connectivity index (χ4n) is 3.34. The molecule has 114 valence electrons. The summed E-state index contributed by atoms with van der Waals surface area (Å²) in [5, 5.41) is 12.7. The van der Waals surface area contributed by atoms with Gasteiger partial charge in [0.15, 0.2) is 0 Å². The molecular weight excluding hydrogens is 236 g/mol. The Balaban J connectivity index is 2.50. The Morgan fingerprint density at radius 3 is 2.47 bits per heavy atom. The van der Waals surface area contributed by atoms with Crippen LogP contribution in [0, 0.1) is 5.41 Å². The van der Waals surface area contributed by atoms with Crippen LogP contribution in [0.1, 0.15) is 58.8 Å². The van der Waals surface area contributed by atoms with Gasteiger partial charge in [0.2, 0.25) is 0 Å². The summed E-state index contributed by atoms with van der Waals surface area (Å²) in [5.41, 5.74) is 0.485. The Hall–Kier alpha value is -0.120. The van der Waals surface area contributed by atoms with Crippen molar-refractivity contribution < 1.29 is 5.11 Å². The van der Waals surface area contributed by atoms with Crippen molar-refractivity contribution in [1.82, 2.24) is 10.2 Å². The zero-order chi connectivity index (χ0) is 14.0. The Morgan fingerprint density at radius 1 is 1.16 bits per heavy atom. The minimum Gasteiger partial charge on any atom is -0.396 e. The molecule has 0 spiro atoms. The van der Waals surface area contributed by atoms with E-state index < -0.39 is 0 Å². The first-order valence-corrected chi connectivity index (χ1v) is 8.30. The number of hydrogen-bond donors (Lipinski definition) is 2. The van der Waals surface area contributed by atoms with Crippen LogP contribution in [0.2, 0.25) is 0 Å². The van der Waals surface area contributed by atoms with Crippen LogP contribution in [0.4, 0.5) is 0 Å². The summed E-state index contributed by atoms with van der Waals surface area (Å²) >= 11 is 0. The highest BCUT2D eigenvalue weighted by Crippen LogP contribution is 2.36. The predicted molar refractivity (Wildman–Crippen MR) is 82.5 cm³/mol. The van der Waals surface area contributed by atoms with E-state index in [4.69, 9.17) is 5.11 Å². The van der Waals surface area contributed by atoms with Crippen LogP contribution in [-0.4, -0.2) is 49.3 Å². The highest BCUT2D eigenvalue weighted by atomic mass is 16.3. The molecule has 0 aromatic rings. The molecule has 1 saturated carbocycles. The second-order valence-corrected chi connectivity index (χ2v) is 6.18. The van der Waals surface area contributed by atoms with E-state index in [1.165, 1.54) is 51.6 Å². The molecule has 0 aromatic carbocycles. The molecule has 0 saturated heterocycles. The van der Waals surface area contributed by atoms with E-state index in [9.17, 15) is 0 Å². The average molecular weight is 270 g/mol. The molecule has 0 bridgehead atoms. The summed E-state index contributed by atoms with van der Waals surface area (Å²) in [4.78, 5) is 2.54. The van der Waals surface area contributed by atoms with Crippen molar-refractivity contribution in [2.75, 3.05) is 39.3 Å². The lowest BCUT2D eigenvalue weighted by Gasteiger charge is -2.41. The lowest BCUT2D eigenvalue weighted by atomic mass is 9.73. The molecule has 0 heterocycles.